The van der Waals surface area contributed by atoms with Crippen molar-refractivity contribution in [1.29, 1.82) is 0 Å². The fraction of sp³-hybridized carbons (Fsp3) is 0.273. The average Bonchev–Trinajstić information content (AvgIpc) is 2.70. The second-order valence-electron chi connectivity index (χ2n) is 7.46. The molecule has 0 fully saturated rings. The fourth-order valence-electron chi connectivity index (χ4n) is 3.56. The van der Waals surface area contributed by atoms with Crippen LogP contribution < -0.4 is 5.56 Å². The monoisotopic (exact) mass is 417 g/mol. The van der Waals surface area contributed by atoms with E-state index < -0.39 is 11.7 Å². The molecule has 1 aromatic heterocycles. The SMILES string of the molecule is Cc1ccc(CN2CCc3nc(-c4ccc(C(F)(F)F)cc4)[nH]c(=O)c3C2)cc1F. The summed E-state index contributed by atoms with van der Waals surface area (Å²) in [6.07, 6.45) is -3.89. The van der Waals surface area contributed by atoms with Gasteiger partial charge < -0.3 is 4.98 Å². The number of aromatic nitrogens is 2. The molecule has 0 unspecified atom stereocenters. The van der Waals surface area contributed by atoms with E-state index in [-0.39, 0.29) is 17.2 Å². The molecule has 1 aliphatic heterocycles. The molecule has 30 heavy (non-hydrogen) atoms. The minimum Gasteiger partial charge on any atom is -0.306 e. The Morgan fingerprint density at radius 1 is 1.13 bits per heavy atom. The molecule has 0 saturated heterocycles. The first-order chi connectivity index (χ1) is 14.2. The van der Waals surface area contributed by atoms with Crippen LogP contribution in [-0.4, -0.2) is 21.4 Å². The van der Waals surface area contributed by atoms with Gasteiger partial charge in [-0.1, -0.05) is 24.3 Å². The van der Waals surface area contributed by atoms with E-state index in [4.69, 9.17) is 0 Å². The van der Waals surface area contributed by atoms with E-state index in [0.29, 0.717) is 48.4 Å². The van der Waals surface area contributed by atoms with Gasteiger partial charge in [0.25, 0.3) is 5.56 Å². The van der Waals surface area contributed by atoms with Gasteiger partial charge in [-0.3, -0.25) is 9.69 Å². The van der Waals surface area contributed by atoms with Gasteiger partial charge >= 0.3 is 6.18 Å². The summed E-state index contributed by atoms with van der Waals surface area (Å²) >= 11 is 0. The van der Waals surface area contributed by atoms with Gasteiger partial charge in [0.15, 0.2) is 0 Å². The van der Waals surface area contributed by atoms with E-state index >= 15 is 0 Å². The molecule has 2 heterocycles. The first-order valence-corrected chi connectivity index (χ1v) is 9.48. The number of hydrogen-bond donors (Lipinski definition) is 1. The van der Waals surface area contributed by atoms with Gasteiger partial charge in [0.2, 0.25) is 0 Å². The van der Waals surface area contributed by atoms with Crippen LogP contribution in [0.1, 0.15) is 27.9 Å². The van der Waals surface area contributed by atoms with E-state index in [1.165, 1.54) is 18.2 Å². The van der Waals surface area contributed by atoms with Gasteiger partial charge in [-0.25, -0.2) is 9.37 Å². The van der Waals surface area contributed by atoms with Crippen molar-refractivity contribution in [3.63, 3.8) is 0 Å². The van der Waals surface area contributed by atoms with Crippen molar-refractivity contribution >= 4 is 0 Å². The molecule has 0 radical (unpaired) electrons. The normalized spacial score (nSPS) is 14.6. The van der Waals surface area contributed by atoms with Crippen LogP contribution in [0.15, 0.2) is 47.3 Å². The average molecular weight is 417 g/mol. The van der Waals surface area contributed by atoms with E-state index in [0.717, 1.165) is 17.7 Å². The number of H-pyrrole nitrogens is 1. The topological polar surface area (TPSA) is 49.0 Å². The van der Waals surface area contributed by atoms with Crippen LogP contribution in [0.2, 0.25) is 0 Å². The Kier molecular flexibility index (Phi) is 5.19. The van der Waals surface area contributed by atoms with Crippen LogP contribution in [0.5, 0.6) is 0 Å². The maximum atomic E-state index is 13.8. The second-order valence-corrected chi connectivity index (χ2v) is 7.46. The number of alkyl halides is 3. The maximum absolute atomic E-state index is 13.8. The molecule has 2 aromatic carbocycles. The molecule has 1 aliphatic rings. The summed E-state index contributed by atoms with van der Waals surface area (Å²) in [6, 6.07) is 9.63. The van der Waals surface area contributed by atoms with Crippen molar-refractivity contribution in [2.45, 2.75) is 32.6 Å². The van der Waals surface area contributed by atoms with Crippen molar-refractivity contribution in [2.24, 2.45) is 0 Å². The number of benzene rings is 2. The minimum absolute atomic E-state index is 0.251. The maximum Gasteiger partial charge on any atom is 0.416 e. The Labute approximate surface area is 170 Å². The quantitative estimate of drug-likeness (QED) is 0.640. The van der Waals surface area contributed by atoms with Crippen LogP contribution in [0.3, 0.4) is 0 Å². The summed E-state index contributed by atoms with van der Waals surface area (Å²) in [5.74, 6) is -0.00728. The standard InChI is InChI=1S/C22H19F4N3O/c1-13-2-3-14(10-18(13)23)11-29-9-8-19-17(12-29)21(30)28-20(27-19)15-4-6-16(7-5-15)22(24,25)26/h2-7,10H,8-9,11-12H2,1H3,(H,27,28,30). The predicted molar refractivity (Wildman–Crippen MR) is 104 cm³/mol. The number of aryl methyl sites for hydroxylation is 1. The highest BCUT2D eigenvalue weighted by molar-refractivity contribution is 5.56. The Hall–Kier alpha value is -3.00. The molecule has 3 aromatic rings. The Bertz CT molecular complexity index is 1140. The first kappa shape index (κ1) is 20.3. The van der Waals surface area contributed by atoms with Gasteiger partial charge in [0.05, 0.1) is 16.8 Å². The summed E-state index contributed by atoms with van der Waals surface area (Å²) in [6.45, 7) is 3.23. The van der Waals surface area contributed by atoms with Gasteiger partial charge in [-0.15, -0.1) is 0 Å². The van der Waals surface area contributed by atoms with Crippen molar-refractivity contribution in [2.75, 3.05) is 6.54 Å². The van der Waals surface area contributed by atoms with Crippen molar-refractivity contribution in [1.82, 2.24) is 14.9 Å². The summed E-state index contributed by atoms with van der Waals surface area (Å²) in [7, 11) is 0. The van der Waals surface area contributed by atoms with Gasteiger partial charge in [0, 0.05) is 31.6 Å². The number of hydrogen-bond acceptors (Lipinski definition) is 3. The summed E-state index contributed by atoms with van der Waals surface area (Å²) in [4.78, 5) is 21.8. The van der Waals surface area contributed by atoms with Gasteiger partial charge in [-0.2, -0.15) is 13.2 Å². The molecule has 0 bridgehead atoms. The molecule has 156 valence electrons. The lowest BCUT2D eigenvalue weighted by Crippen LogP contribution is -2.35. The lowest BCUT2D eigenvalue weighted by Gasteiger charge is -2.27. The minimum atomic E-state index is -4.42. The Morgan fingerprint density at radius 2 is 1.87 bits per heavy atom. The molecule has 1 N–H and O–H groups in total. The summed E-state index contributed by atoms with van der Waals surface area (Å²) in [5, 5.41) is 0. The number of fused-ring (bicyclic) bond motifs is 1. The molecule has 0 saturated carbocycles. The third kappa shape index (κ3) is 4.14. The Morgan fingerprint density at radius 3 is 2.53 bits per heavy atom. The molecule has 4 nitrogen and oxygen atoms in total. The lowest BCUT2D eigenvalue weighted by molar-refractivity contribution is -0.137. The Balaban J connectivity index is 1.55. The van der Waals surface area contributed by atoms with E-state index in [1.807, 2.05) is 11.0 Å². The fourth-order valence-corrected chi connectivity index (χ4v) is 3.56. The highest BCUT2D eigenvalue weighted by Gasteiger charge is 2.30. The van der Waals surface area contributed by atoms with Gasteiger partial charge in [-0.05, 0) is 36.2 Å². The number of rotatable bonds is 3. The number of halogens is 4. The lowest BCUT2D eigenvalue weighted by atomic mass is 10.0. The zero-order valence-corrected chi connectivity index (χ0v) is 16.2. The number of nitrogens with zero attached hydrogens (tertiary/aromatic N) is 2. The van der Waals surface area contributed by atoms with E-state index in [1.54, 1.807) is 13.0 Å². The van der Waals surface area contributed by atoms with Gasteiger partial charge in [0.1, 0.15) is 11.6 Å². The van der Waals surface area contributed by atoms with Crippen LogP contribution in [0.25, 0.3) is 11.4 Å². The van der Waals surface area contributed by atoms with Crippen LogP contribution in [0.4, 0.5) is 17.6 Å². The van der Waals surface area contributed by atoms with E-state index in [9.17, 15) is 22.4 Å². The molecule has 0 spiro atoms. The van der Waals surface area contributed by atoms with Crippen LogP contribution in [0, 0.1) is 12.7 Å². The third-order valence-corrected chi connectivity index (χ3v) is 5.28. The third-order valence-electron chi connectivity index (χ3n) is 5.28. The zero-order valence-electron chi connectivity index (χ0n) is 16.2. The zero-order chi connectivity index (χ0) is 21.5. The summed E-state index contributed by atoms with van der Waals surface area (Å²) in [5.41, 5.74) is 1.93. The highest BCUT2D eigenvalue weighted by Crippen LogP contribution is 2.30. The summed E-state index contributed by atoms with van der Waals surface area (Å²) < 4.78 is 52.0. The van der Waals surface area contributed by atoms with Crippen molar-refractivity contribution in [3.8, 4) is 11.4 Å². The van der Waals surface area contributed by atoms with E-state index in [2.05, 4.69) is 9.97 Å². The van der Waals surface area contributed by atoms with Crippen molar-refractivity contribution < 1.29 is 17.6 Å². The largest absolute Gasteiger partial charge is 0.416 e. The number of aromatic amines is 1. The van der Waals surface area contributed by atoms with Crippen LogP contribution >= 0.6 is 0 Å². The molecule has 4 rings (SSSR count). The smallest absolute Gasteiger partial charge is 0.306 e. The molecule has 0 atom stereocenters. The molecular formula is C22H19F4N3O. The molecular weight excluding hydrogens is 398 g/mol. The van der Waals surface area contributed by atoms with Crippen LogP contribution in [-0.2, 0) is 25.7 Å². The molecule has 0 amide bonds. The second kappa shape index (κ2) is 7.68. The predicted octanol–water partition coefficient (Wildman–Crippen LogP) is 4.46. The highest BCUT2D eigenvalue weighted by atomic mass is 19.4. The van der Waals surface area contributed by atoms with Crippen molar-refractivity contribution in [3.05, 3.63) is 86.6 Å². The molecule has 0 aliphatic carbocycles. The molecule has 8 heteroatoms. The first-order valence-electron chi connectivity index (χ1n) is 9.48. The number of nitrogens with one attached hydrogen (secondary N) is 1.